The van der Waals surface area contributed by atoms with E-state index in [0.717, 1.165) is 11.1 Å². The standard InChI is InChI=1S/C8H11NO.BrH/c1-5-3-7(9)8(10)4-6(5)2;/h3-4,10H,9H2,1-2H3;1H. The van der Waals surface area contributed by atoms with Gasteiger partial charge in [0.15, 0.2) is 0 Å². The van der Waals surface area contributed by atoms with Gasteiger partial charge in [-0.15, -0.1) is 17.0 Å². The molecule has 0 aliphatic heterocycles. The Kier molecular flexibility index (Phi) is 3.39. The Labute approximate surface area is 76.8 Å². The summed E-state index contributed by atoms with van der Waals surface area (Å²) >= 11 is 0. The lowest BCUT2D eigenvalue weighted by Crippen LogP contribution is -1.88. The molecule has 0 aliphatic rings. The van der Waals surface area contributed by atoms with Crippen LogP contribution in [0.1, 0.15) is 11.1 Å². The van der Waals surface area contributed by atoms with Crippen LogP contribution in [0.15, 0.2) is 12.1 Å². The monoisotopic (exact) mass is 217 g/mol. The van der Waals surface area contributed by atoms with Crippen LogP contribution in [-0.2, 0) is 0 Å². The van der Waals surface area contributed by atoms with Crippen LogP contribution in [0.5, 0.6) is 5.75 Å². The fourth-order valence-corrected chi connectivity index (χ4v) is 0.823. The quantitative estimate of drug-likeness (QED) is 0.517. The minimum absolute atomic E-state index is 0. The van der Waals surface area contributed by atoms with Crippen LogP contribution >= 0.6 is 17.0 Å². The van der Waals surface area contributed by atoms with Crippen molar-refractivity contribution < 1.29 is 5.11 Å². The summed E-state index contributed by atoms with van der Waals surface area (Å²) in [6.45, 7) is 3.90. The first-order valence-corrected chi connectivity index (χ1v) is 3.17. The highest BCUT2D eigenvalue weighted by molar-refractivity contribution is 8.93. The Bertz CT molecular complexity index is 210. The van der Waals surface area contributed by atoms with Crippen LogP contribution in [0.25, 0.3) is 0 Å². The summed E-state index contributed by atoms with van der Waals surface area (Å²) in [6, 6.07) is 3.44. The number of halogens is 1. The third kappa shape index (κ3) is 2.12. The van der Waals surface area contributed by atoms with Crippen molar-refractivity contribution in [2.45, 2.75) is 13.8 Å². The van der Waals surface area contributed by atoms with Gasteiger partial charge >= 0.3 is 0 Å². The second-order valence-electron chi connectivity index (χ2n) is 2.50. The molecule has 1 rings (SSSR count). The minimum Gasteiger partial charge on any atom is -0.506 e. The zero-order valence-electron chi connectivity index (χ0n) is 6.59. The predicted molar refractivity (Wildman–Crippen MR) is 52.3 cm³/mol. The summed E-state index contributed by atoms with van der Waals surface area (Å²) in [5.41, 5.74) is 8.06. The number of anilines is 1. The Morgan fingerprint density at radius 1 is 1.18 bits per heavy atom. The van der Waals surface area contributed by atoms with E-state index in [0.29, 0.717) is 5.69 Å². The maximum Gasteiger partial charge on any atom is 0.138 e. The molecule has 3 N–H and O–H groups in total. The van der Waals surface area contributed by atoms with Crippen LogP contribution in [-0.4, -0.2) is 5.11 Å². The van der Waals surface area contributed by atoms with E-state index in [9.17, 15) is 0 Å². The molecule has 0 heterocycles. The molecule has 0 bridgehead atoms. The van der Waals surface area contributed by atoms with Gasteiger partial charge in [-0.1, -0.05) is 0 Å². The normalized spacial score (nSPS) is 8.91. The Balaban J connectivity index is 0.000001000. The van der Waals surface area contributed by atoms with Crippen molar-refractivity contribution in [3.63, 3.8) is 0 Å². The van der Waals surface area contributed by atoms with Crippen molar-refractivity contribution >= 4 is 22.7 Å². The number of hydrogen-bond donors (Lipinski definition) is 2. The first-order chi connectivity index (χ1) is 4.61. The first-order valence-electron chi connectivity index (χ1n) is 3.17. The highest BCUT2D eigenvalue weighted by Gasteiger charge is 1.98. The molecule has 11 heavy (non-hydrogen) atoms. The summed E-state index contributed by atoms with van der Waals surface area (Å²) in [5, 5.41) is 9.10. The fourth-order valence-electron chi connectivity index (χ4n) is 0.823. The lowest BCUT2D eigenvalue weighted by Gasteiger charge is -2.02. The first kappa shape index (κ1) is 10.3. The van der Waals surface area contributed by atoms with E-state index in [1.807, 2.05) is 13.8 Å². The topological polar surface area (TPSA) is 46.2 Å². The van der Waals surface area contributed by atoms with Crippen molar-refractivity contribution in [3.05, 3.63) is 23.3 Å². The number of hydrogen-bond acceptors (Lipinski definition) is 2. The number of benzene rings is 1. The van der Waals surface area contributed by atoms with E-state index >= 15 is 0 Å². The summed E-state index contributed by atoms with van der Waals surface area (Å²) < 4.78 is 0. The molecule has 0 fully saturated rings. The molecule has 3 heteroatoms. The third-order valence-electron chi connectivity index (χ3n) is 1.64. The van der Waals surface area contributed by atoms with E-state index in [-0.39, 0.29) is 22.7 Å². The number of nitrogen functional groups attached to an aromatic ring is 1. The molecule has 0 saturated carbocycles. The van der Waals surface area contributed by atoms with Gasteiger partial charge in [0.2, 0.25) is 0 Å². The SMILES string of the molecule is Br.Cc1cc(N)c(O)cc1C. The van der Waals surface area contributed by atoms with Gasteiger partial charge in [0.05, 0.1) is 5.69 Å². The number of phenols is 1. The summed E-state index contributed by atoms with van der Waals surface area (Å²) in [4.78, 5) is 0. The molecule has 0 unspecified atom stereocenters. The number of rotatable bonds is 0. The Morgan fingerprint density at radius 2 is 1.64 bits per heavy atom. The molecule has 0 aromatic heterocycles. The van der Waals surface area contributed by atoms with E-state index < -0.39 is 0 Å². The Hall–Kier alpha value is -0.700. The van der Waals surface area contributed by atoms with Crippen LogP contribution in [0.3, 0.4) is 0 Å². The lowest BCUT2D eigenvalue weighted by molar-refractivity contribution is 0.477. The van der Waals surface area contributed by atoms with Crippen molar-refractivity contribution in [2.24, 2.45) is 0 Å². The average Bonchev–Trinajstić information content (AvgIpc) is 1.84. The summed E-state index contributed by atoms with van der Waals surface area (Å²) in [7, 11) is 0. The second-order valence-corrected chi connectivity index (χ2v) is 2.50. The summed E-state index contributed by atoms with van der Waals surface area (Å²) in [5.74, 6) is 0.170. The predicted octanol–water partition coefficient (Wildman–Crippen LogP) is 2.17. The van der Waals surface area contributed by atoms with E-state index in [2.05, 4.69) is 0 Å². The molecule has 0 amide bonds. The molecule has 62 valence electrons. The molecular formula is C8H12BrNO. The van der Waals surface area contributed by atoms with E-state index in [4.69, 9.17) is 10.8 Å². The molecule has 0 radical (unpaired) electrons. The smallest absolute Gasteiger partial charge is 0.138 e. The molecule has 0 aliphatic carbocycles. The lowest BCUT2D eigenvalue weighted by atomic mass is 10.1. The van der Waals surface area contributed by atoms with Crippen molar-refractivity contribution in [1.29, 1.82) is 0 Å². The molecule has 0 atom stereocenters. The minimum atomic E-state index is 0. The highest BCUT2D eigenvalue weighted by atomic mass is 79.9. The van der Waals surface area contributed by atoms with Gasteiger partial charge in [-0.25, -0.2) is 0 Å². The van der Waals surface area contributed by atoms with Gasteiger partial charge in [-0.3, -0.25) is 0 Å². The van der Waals surface area contributed by atoms with E-state index in [1.54, 1.807) is 12.1 Å². The van der Waals surface area contributed by atoms with Crippen LogP contribution in [0.4, 0.5) is 5.69 Å². The molecule has 2 nitrogen and oxygen atoms in total. The van der Waals surface area contributed by atoms with Crippen LogP contribution in [0, 0.1) is 13.8 Å². The molecule has 1 aromatic rings. The maximum absolute atomic E-state index is 9.10. The van der Waals surface area contributed by atoms with Gasteiger partial charge in [-0.05, 0) is 37.1 Å². The Morgan fingerprint density at radius 3 is 2.09 bits per heavy atom. The van der Waals surface area contributed by atoms with Crippen LogP contribution < -0.4 is 5.73 Å². The third-order valence-corrected chi connectivity index (χ3v) is 1.64. The van der Waals surface area contributed by atoms with Gasteiger partial charge in [0.25, 0.3) is 0 Å². The van der Waals surface area contributed by atoms with Crippen LogP contribution in [0.2, 0.25) is 0 Å². The largest absolute Gasteiger partial charge is 0.506 e. The average molecular weight is 218 g/mol. The van der Waals surface area contributed by atoms with Gasteiger partial charge in [0.1, 0.15) is 5.75 Å². The fraction of sp³-hybridized carbons (Fsp3) is 0.250. The molecule has 0 saturated heterocycles. The van der Waals surface area contributed by atoms with E-state index in [1.165, 1.54) is 0 Å². The number of nitrogens with two attached hydrogens (primary N) is 1. The zero-order chi connectivity index (χ0) is 7.72. The zero-order valence-corrected chi connectivity index (χ0v) is 8.30. The highest BCUT2D eigenvalue weighted by Crippen LogP contribution is 2.23. The number of aromatic hydroxyl groups is 1. The second kappa shape index (κ2) is 3.62. The van der Waals surface area contributed by atoms with Crippen molar-refractivity contribution in [2.75, 3.05) is 5.73 Å². The maximum atomic E-state index is 9.10. The summed E-state index contributed by atoms with van der Waals surface area (Å²) in [6.07, 6.45) is 0. The molecule has 1 aromatic carbocycles. The molecule has 0 spiro atoms. The van der Waals surface area contributed by atoms with Gasteiger partial charge in [-0.2, -0.15) is 0 Å². The molecular weight excluding hydrogens is 206 g/mol. The number of phenolic OH excluding ortho intramolecular Hbond substituents is 1. The van der Waals surface area contributed by atoms with Gasteiger partial charge in [0, 0.05) is 0 Å². The van der Waals surface area contributed by atoms with Crippen molar-refractivity contribution in [1.82, 2.24) is 0 Å². The van der Waals surface area contributed by atoms with Gasteiger partial charge < -0.3 is 10.8 Å². The number of aryl methyl sites for hydroxylation is 2. The van der Waals surface area contributed by atoms with Crippen molar-refractivity contribution in [3.8, 4) is 5.75 Å².